The van der Waals surface area contributed by atoms with Crippen LogP contribution in [0.25, 0.3) is 33.4 Å². The molecule has 1 unspecified atom stereocenters. The summed E-state index contributed by atoms with van der Waals surface area (Å²) in [7, 11) is 0. The molecule has 2 heteroatoms. The minimum atomic E-state index is -0.473. The third kappa shape index (κ3) is 2.91. The second-order valence-electron chi connectivity index (χ2n) is 10.9. The molecule has 0 aliphatic heterocycles. The van der Waals surface area contributed by atoms with E-state index in [0.29, 0.717) is 0 Å². The van der Waals surface area contributed by atoms with E-state index in [4.69, 9.17) is 4.42 Å². The predicted molar refractivity (Wildman–Crippen MR) is 167 cm³/mol. The van der Waals surface area contributed by atoms with Crippen molar-refractivity contribution in [3.63, 3.8) is 0 Å². The predicted octanol–water partition coefficient (Wildman–Crippen LogP) is 10.2. The summed E-state index contributed by atoms with van der Waals surface area (Å²) < 4.78 is 6.66. The van der Waals surface area contributed by atoms with Crippen molar-refractivity contribution in [1.82, 2.24) is 0 Å². The van der Waals surface area contributed by atoms with Crippen LogP contribution in [0, 0.1) is 0 Å². The van der Waals surface area contributed by atoms with Crippen molar-refractivity contribution >= 4 is 28.0 Å². The molecule has 2 nitrogen and oxygen atoms in total. The van der Waals surface area contributed by atoms with Gasteiger partial charge in [0.05, 0.1) is 5.41 Å². The lowest BCUT2D eigenvalue weighted by Gasteiger charge is -2.31. The van der Waals surface area contributed by atoms with Gasteiger partial charge in [-0.1, -0.05) is 109 Å². The third-order valence-corrected chi connectivity index (χ3v) is 8.86. The normalized spacial score (nSPS) is 15.9. The molecule has 1 atom stereocenters. The third-order valence-electron chi connectivity index (χ3n) is 8.86. The number of hydrogen-bond donors (Lipinski definition) is 0. The number of fused-ring (bicyclic) bond motifs is 12. The van der Waals surface area contributed by atoms with Crippen LogP contribution < -0.4 is 4.90 Å². The first-order chi connectivity index (χ1) is 20.4. The van der Waals surface area contributed by atoms with Crippen LogP contribution in [0.15, 0.2) is 156 Å². The van der Waals surface area contributed by atoms with Gasteiger partial charge < -0.3 is 9.32 Å². The standard InChI is InChI=1S/C39H25NO/c1-3-13-26(14-4-1)40(27-15-5-2-6-16-27)28-23-24-30-29-17-7-10-20-33(29)39(35(30)25-28)34-21-11-8-18-31(34)38-37(39)32-19-9-12-22-36(32)41-38/h1-25H. The molecule has 0 saturated heterocycles. The molecule has 0 radical (unpaired) electrons. The first kappa shape index (κ1) is 22.5. The van der Waals surface area contributed by atoms with E-state index in [0.717, 1.165) is 28.4 Å². The molecule has 7 aromatic rings. The highest BCUT2D eigenvalue weighted by atomic mass is 16.3. The highest BCUT2D eigenvalue weighted by Crippen LogP contribution is 2.65. The summed E-state index contributed by atoms with van der Waals surface area (Å²) in [6, 6.07) is 54.5. The van der Waals surface area contributed by atoms with E-state index in [1.165, 1.54) is 44.3 Å². The maximum atomic E-state index is 6.66. The molecule has 192 valence electrons. The summed E-state index contributed by atoms with van der Waals surface area (Å²) in [5, 5.41) is 1.18. The minimum absolute atomic E-state index is 0.473. The molecule has 1 spiro atoms. The van der Waals surface area contributed by atoms with E-state index in [9.17, 15) is 0 Å². The second-order valence-corrected chi connectivity index (χ2v) is 10.9. The molecule has 2 aliphatic carbocycles. The van der Waals surface area contributed by atoms with Gasteiger partial charge in [0.15, 0.2) is 0 Å². The molecule has 9 rings (SSSR count). The van der Waals surface area contributed by atoms with Gasteiger partial charge in [0.25, 0.3) is 0 Å². The van der Waals surface area contributed by atoms with Gasteiger partial charge in [-0.15, -0.1) is 0 Å². The first-order valence-corrected chi connectivity index (χ1v) is 14.1. The molecule has 41 heavy (non-hydrogen) atoms. The Bertz CT molecular complexity index is 2070. The Morgan fingerprint density at radius 1 is 0.439 bits per heavy atom. The van der Waals surface area contributed by atoms with Crippen molar-refractivity contribution < 1.29 is 4.42 Å². The van der Waals surface area contributed by atoms with E-state index < -0.39 is 5.41 Å². The summed E-state index contributed by atoms with van der Waals surface area (Å²) in [6.45, 7) is 0. The van der Waals surface area contributed by atoms with Crippen LogP contribution in [0.2, 0.25) is 0 Å². The van der Waals surface area contributed by atoms with Crippen LogP contribution in [-0.2, 0) is 5.41 Å². The number of para-hydroxylation sites is 3. The van der Waals surface area contributed by atoms with Gasteiger partial charge in [0.2, 0.25) is 0 Å². The highest BCUT2D eigenvalue weighted by Gasteiger charge is 2.54. The first-order valence-electron chi connectivity index (χ1n) is 14.1. The Hall–Kier alpha value is -5.34. The van der Waals surface area contributed by atoms with Crippen molar-refractivity contribution in [2.75, 3.05) is 4.90 Å². The van der Waals surface area contributed by atoms with Crippen molar-refractivity contribution in [2.45, 2.75) is 5.41 Å². The van der Waals surface area contributed by atoms with Gasteiger partial charge in [0.1, 0.15) is 11.3 Å². The molecule has 0 amide bonds. The van der Waals surface area contributed by atoms with E-state index in [1.807, 2.05) is 0 Å². The maximum absolute atomic E-state index is 6.66. The van der Waals surface area contributed by atoms with E-state index >= 15 is 0 Å². The molecule has 0 N–H and O–H groups in total. The molecular formula is C39H25NO. The van der Waals surface area contributed by atoms with Gasteiger partial charge >= 0.3 is 0 Å². The van der Waals surface area contributed by atoms with Crippen molar-refractivity contribution in [3.8, 4) is 22.5 Å². The molecule has 0 fully saturated rings. The van der Waals surface area contributed by atoms with Crippen molar-refractivity contribution in [2.24, 2.45) is 0 Å². The molecule has 6 aromatic carbocycles. The number of furan rings is 1. The molecule has 0 saturated carbocycles. The Kier molecular flexibility index (Phi) is 4.57. The average molecular weight is 524 g/mol. The molecular weight excluding hydrogens is 498 g/mol. The minimum Gasteiger partial charge on any atom is -0.456 e. The SMILES string of the molecule is c1ccc(N(c2ccccc2)c2ccc3c(c2)C2(c4ccccc4-3)c3ccccc3-c3oc4ccccc4c32)cc1. The average Bonchev–Trinajstić information content (AvgIpc) is 3.66. The smallest absolute Gasteiger partial charge is 0.140 e. The van der Waals surface area contributed by atoms with Crippen LogP contribution in [0.4, 0.5) is 17.1 Å². The molecule has 2 aliphatic rings. The fourth-order valence-electron chi connectivity index (χ4n) is 7.32. The highest BCUT2D eigenvalue weighted by molar-refractivity contribution is 6.02. The van der Waals surface area contributed by atoms with E-state index in [1.54, 1.807) is 0 Å². The summed E-state index contributed by atoms with van der Waals surface area (Å²) >= 11 is 0. The monoisotopic (exact) mass is 523 g/mol. The van der Waals surface area contributed by atoms with Crippen LogP contribution in [0.5, 0.6) is 0 Å². The van der Waals surface area contributed by atoms with Gasteiger partial charge in [0, 0.05) is 33.6 Å². The number of anilines is 3. The fraction of sp³-hybridized carbons (Fsp3) is 0.0256. The zero-order chi connectivity index (χ0) is 27.0. The summed E-state index contributed by atoms with van der Waals surface area (Å²) in [5.41, 5.74) is 12.7. The van der Waals surface area contributed by atoms with Gasteiger partial charge in [-0.05, 0) is 70.3 Å². The van der Waals surface area contributed by atoms with E-state index in [2.05, 4.69) is 157 Å². The summed E-state index contributed by atoms with van der Waals surface area (Å²) in [5.74, 6) is 0.984. The Morgan fingerprint density at radius 2 is 1.00 bits per heavy atom. The lowest BCUT2D eigenvalue weighted by Crippen LogP contribution is -2.26. The summed E-state index contributed by atoms with van der Waals surface area (Å²) in [6.07, 6.45) is 0. The maximum Gasteiger partial charge on any atom is 0.140 e. The van der Waals surface area contributed by atoms with Crippen molar-refractivity contribution in [1.29, 1.82) is 0 Å². The number of nitrogens with zero attached hydrogens (tertiary/aromatic N) is 1. The summed E-state index contributed by atoms with van der Waals surface area (Å²) in [4.78, 5) is 2.35. The molecule has 1 heterocycles. The quantitative estimate of drug-likeness (QED) is 0.229. The largest absolute Gasteiger partial charge is 0.456 e. The van der Waals surface area contributed by atoms with Crippen LogP contribution in [0.3, 0.4) is 0 Å². The van der Waals surface area contributed by atoms with Crippen LogP contribution in [-0.4, -0.2) is 0 Å². The number of rotatable bonds is 3. The molecule has 1 aromatic heterocycles. The zero-order valence-corrected chi connectivity index (χ0v) is 22.3. The van der Waals surface area contributed by atoms with Gasteiger partial charge in [-0.25, -0.2) is 0 Å². The Labute approximate surface area is 238 Å². The number of hydrogen-bond acceptors (Lipinski definition) is 2. The van der Waals surface area contributed by atoms with E-state index in [-0.39, 0.29) is 0 Å². The lowest BCUT2D eigenvalue weighted by molar-refractivity contribution is 0.628. The van der Waals surface area contributed by atoms with Crippen LogP contribution in [0.1, 0.15) is 22.3 Å². The van der Waals surface area contributed by atoms with Crippen molar-refractivity contribution in [3.05, 3.63) is 174 Å². The Balaban J connectivity index is 1.40. The van der Waals surface area contributed by atoms with Gasteiger partial charge in [-0.2, -0.15) is 0 Å². The van der Waals surface area contributed by atoms with Crippen LogP contribution >= 0.6 is 0 Å². The fourth-order valence-corrected chi connectivity index (χ4v) is 7.32. The Morgan fingerprint density at radius 3 is 1.73 bits per heavy atom. The van der Waals surface area contributed by atoms with Gasteiger partial charge in [-0.3, -0.25) is 0 Å². The lowest BCUT2D eigenvalue weighted by atomic mass is 9.70. The topological polar surface area (TPSA) is 16.4 Å². The molecule has 0 bridgehead atoms. The number of benzene rings is 6. The second kappa shape index (κ2) is 8.33. The zero-order valence-electron chi connectivity index (χ0n) is 22.3.